The van der Waals surface area contributed by atoms with Gasteiger partial charge < -0.3 is 16.2 Å². The van der Waals surface area contributed by atoms with Gasteiger partial charge in [0.25, 0.3) is 0 Å². The first kappa shape index (κ1) is 15.2. The summed E-state index contributed by atoms with van der Waals surface area (Å²) in [5.74, 6) is 0. The van der Waals surface area contributed by atoms with Gasteiger partial charge in [-0.2, -0.15) is 0 Å². The smallest absolute Gasteiger partial charge is 0.0818 e. The third kappa shape index (κ3) is 5.17. The number of nitrogens with two attached hydrogens (primary N) is 1. The van der Waals surface area contributed by atoms with E-state index in [0.717, 1.165) is 6.42 Å². The molecule has 2 atom stereocenters. The fourth-order valence-electron chi connectivity index (χ4n) is 1.68. The summed E-state index contributed by atoms with van der Waals surface area (Å²) in [4.78, 5) is 0. The first-order chi connectivity index (χ1) is 8.44. The number of β-amino-alcohol motifs (C(OH)–C–C–N with tert-alkyl or cyclic N) is 1. The van der Waals surface area contributed by atoms with Crippen LogP contribution in [0.1, 0.15) is 32.8 Å². The molecule has 0 aliphatic carbocycles. The molecule has 102 valence electrons. The fraction of sp³-hybridized carbons (Fsp3) is 0.600. The summed E-state index contributed by atoms with van der Waals surface area (Å²) in [6, 6.07) is 9.82. The van der Waals surface area contributed by atoms with Crippen molar-refractivity contribution < 1.29 is 5.11 Å². The molecule has 3 nitrogen and oxygen atoms in total. The minimum Gasteiger partial charge on any atom is -0.390 e. The summed E-state index contributed by atoms with van der Waals surface area (Å²) in [5.41, 5.74) is 7.24. The van der Waals surface area contributed by atoms with Gasteiger partial charge in [-0.05, 0) is 32.3 Å². The van der Waals surface area contributed by atoms with E-state index in [-0.39, 0.29) is 11.6 Å². The van der Waals surface area contributed by atoms with Crippen molar-refractivity contribution in [2.75, 3.05) is 6.54 Å². The van der Waals surface area contributed by atoms with Crippen molar-refractivity contribution in [2.45, 2.75) is 51.3 Å². The van der Waals surface area contributed by atoms with Crippen LogP contribution in [0, 0.1) is 0 Å². The Labute approximate surface area is 110 Å². The summed E-state index contributed by atoms with van der Waals surface area (Å²) in [6.45, 7) is 6.92. The number of benzene rings is 1. The van der Waals surface area contributed by atoms with Gasteiger partial charge in [0.05, 0.1) is 6.10 Å². The maximum atomic E-state index is 10.1. The van der Waals surface area contributed by atoms with Crippen LogP contribution in [0.15, 0.2) is 30.3 Å². The van der Waals surface area contributed by atoms with Crippen LogP contribution in [0.5, 0.6) is 0 Å². The Balaban J connectivity index is 2.40. The number of hydrogen-bond donors (Lipinski definition) is 3. The summed E-state index contributed by atoms with van der Waals surface area (Å²) in [6.07, 6.45) is 1.21. The van der Waals surface area contributed by atoms with E-state index in [9.17, 15) is 5.11 Å². The van der Waals surface area contributed by atoms with Crippen LogP contribution in [0.2, 0.25) is 0 Å². The molecule has 0 aromatic heterocycles. The van der Waals surface area contributed by atoms with Gasteiger partial charge in [-0.3, -0.25) is 0 Å². The quantitative estimate of drug-likeness (QED) is 0.690. The van der Waals surface area contributed by atoms with Crippen LogP contribution >= 0.6 is 0 Å². The van der Waals surface area contributed by atoms with E-state index in [1.165, 1.54) is 5.56 Å². The molecule has 0 bridgehead atoms. The highest BCUT2D eigenvalue weighted by Crippen LogP contribution is 2.08. The van der Waals surface area contributed by atoms with Gasteiger partial charge in [-0.15, -0.1) is 0 Å². The van der Waals surface area contributed by atoms with Gasteiger partial charge in [-0.1, -0.05) is 37.3 Å². The monoisotopic (exact) mass is 250 g/mol. The second-order valence-corrected chi connectivity index (χ2v) is 5.54. The summed E-state index contributed by atoms with van der Waals surface area (Å²) in [7, 11) is 0. The predicted molar refractivity (Wildman–Crippen MR) is 76.5 cm³/mol. The van der Waals surface area contributed by atoms with E-state index in [4.69, 9.17) is 5.73 Å². The Morgan fingerprint density at radius 2 is 1.89 bits per heavy atom. The van der Waals surface area contributed by atoms with E-state index in [1.54, 1.807) is 0 Å². The van der Waals surface area contributed by atoms with Gasteiger partial charge in [0.2, 0.25) is 0 Å². The van der Waals surface area contributed by atoms with Crippen molar-refractivity contribution in [1.82, 2.24) is 5.32 Å². The third-order valence-electron chi connectivity index (χ3n) is 3.48. The van der Waals surface area contributed by atoms with E-state index in [0.29, 0.717) is 13.0 Å². The lowest BCUT2D eigenvalue weighted by molar-refractivity contribution is 0.130. The highest BCUT2D eigenvalue weighted by atomic mass is 16.3. The number of nitrogens with one attached hydrogen (secondary N) is 1. The molecule has 0 amide bonds. The van der Waals surface area contributed by atoms with Crippen molar-refractivity contribution in [1.29, 1.82) is 0 Å². The van der Waals surface area contributed by atoms with Gasteiger partial charge >= 0.3 is 0 Å². The molecule has 0 aliphatic rings. The highest BCUT2D eigenvalue weighted by molar-refractivity contribution is 5.16. The lowest BCUT2D eigenvalue weighted by atomic mass is 9.99. The molecule has 1 aromatic rings. The Morgan fingerprint density at radius 3 is 2.44 bits per heavy atom. The number of rotatable bonds is 7. The molecule has 4 N–H and O–H groups in total. The van der Waals surface area contributed by atoms with Gasteiger partial charge in [0, 0.05) is 18.1 Å². The van der Waals surface area contributed by atoms with Crippen molar-refractivity contribution in [3.8, 4) is 0 Å². The van der Waals surface area contributed by atoms with Gasteiger partial charge in [0.15, 0.2) is 0 Å². The SMILES string of the molecule is CCC(C)(C)NC[C@@H](O)[C@@H](N)Cc1ccccc1. The molecule has 0 fully saturated rings. The first-order valence-corrected chi connectivity index (χ1v) is 6.67. The lowest BCUT2D eigenvalue weighted by Crippen LogP contribution is -2.49. The van der Waals surface area contributed by atoms with Crippen molar-refractivity contribution in [3.05, 3.63) is 35.9 Å². The normalized spacial score (nSPS) is 15.4. The average Bonchev–Trinajstić information content (AvgIpc) is 2.37. The largest absolute Gasteiger partial charge is 0.390 e. The zero-order valence-electron chi connectivity index (χ0n) is 11.7. The third-order valence-corrected chi connectivity index (χ3v) is 3.48. The molecular weight excluding hydrogens is 224 g/mol. The van der Waals surface area contributed by atoms with Crippen molar-refractivity contribution in [2.24, 2.45) is 5.73 Å². The zero-order chi connectivity index (χ0) is 13.6. The van der Waals surface area contributed by atoms with Crippen LogP contribution in [0.25, 0.3) is 0 Å². The highest BCUT2D eigenvalue weighted by Gasteiger charge is 2.19. The summed E-state index contributed by atoms with van der Waals surface area (Å²) >= 11 is 0. The van der Waals surface area contributed by atoms with E-state index in [2.05, 4.69) is 26.1 Å². The molecule has 0 radical (unpaired) electrons. The molecule has 0 spiro atoms. The van der Waals surface area contributed by atoms with E-state index >= 15 is 0 Å². The topological polar surface area (TPSA) is 58.3 Å². The maximum absolute atomic E-state index is 10.1. The Bertz CT molecular complexity index is 338. The second-order valence-electron chi connectivity index (χ2n) is 5.54. The summed E-state index contributed by atoms with van der Waals surface area (Å²) < 4.78 is 0. The molecule has 0 heterocycles. The van der Waals surface area contributed by atoms with Gasteiger partial charge in [0.1, 0.15) is 0 Å². The first-order valence-electron chi connectivity index (χ1n) is 6.67. The van der Waals surface area contributed by atoms with E-state index < -0.39 is 6.10 Å². The van der Waals surface area contributed by atoms with Crippen molar-refractivity contribution >= 4 is 0 Å². The fourth-order valence-corrected chi connectivity index (χ4v) is 1.68. The Hall–Kier alpha value is -0.900. The summed E-state index contributed by atoms with van der Waals surface area (Å²) in [5, 5.41) is 13.4. The number of hydrogen-bond acceptors (Lipinski definition) is 3. The zero-order valence-corrected chi connectivity index (χ0v) is 11.7. The average molecular weight is 250 g/mol. The Kier molecular flexibility index (Phi) is 5.79. The molecule has 0 saturated heterocycles. The molecule has 18 heavy (non-hydrogen) atoms. The standard InChI is InChI=1S/C15H26N2O/c1-4-15(2,3)17-11-14(18)13(16)10-12-8-6-5-7-9-12/h5-9,13-14,17-18H,4,10-11,16H2,1-3H3/t13-,14+/m0/s1. The van der Waals surface area contributed by atoms with Crippen LogP contribution < -0.4 is 11.1 Å². The molecule has 0 unspecified atom stereocenters. The molecule has 1 aromatic carbocycles. The maximum Gasteiger partial charge on any atom is 0.0818 e. The predicted octanol–water partition coefficient (Wildman–Crippen LogP) is 1.70. The van der Waals surface area contributed by atoms with Gasteiger partial charge in [-0.25, -0.2) is 0 Å². The van der Waals surface area contributed by atoms with Crippen LogP contribution in [0.4, 0.5) is 0 Å². The van der Waals surface area contributed by atoms with Crippen LogP contribution in [-0.2, 0) is 6.42 Å². The second kappa shape index (κ2) is 6.88. The lowest BCUT2D eigenvalue weighted by Gasteiger charge is -2.28. The molecule has 1 rings (SSSR count). The minimum atomic E-state index is -0.518. The van der Waals surface area contributed by atoms with Crippen molar-refractivity contribution in [3.63, 3.8) is 0 Å². The minimum absolute atomic E-state index is 0.0491. The number of aliphatic hydroxyl groups is 1. The molecule has 0 aliphatic heterocycles. The Morgan fingerprint density at radius 1 is 1.28 bits per heavy atom. The molecule has 3 heteroatoms. The van der Waals surface area contributed by atoms with Crippen LogP contribution in [0.3, 0.4) is 0 Å². The van der Waals surface area contributed by atoms with E-state index in [1.807, 2.05) is 30.3 Å². The molecule has 0 saturated carbocycles. The number of aliphatic hydroxyl groups excluding tert-OH is 1. The molecular formula is C15H26N2O. The van der Waals surface area contributed by atoms with Crippen LogP contribution in [-0.4, -0.2) is 29.3 Å².